The number of hydrogen-bond donors (Lipinski definition) is 0. The van der Waals surface area contributed by atoms with Gasteiger partial charge in [0.15, 0.2) is 11.5 Å². The van der Waals surface area contributed by atoms with E-state index in [1.165, 1.54) is 6.26 Å². The Balaban J connectivity index is 1.93. The predicted molar refractivity (Wildman–Crippen MR) is 81.7 cm³/mol. The molecule has 0 fully saturated rings. The Labute approximate surface area is 127 Å². The van der Waals surface area contributed by atoms with Crippen LogP contribution in [0.2, 0.25) is 0 Å². The number of aliphatic imine (C=N–C) groups is 1. The highest BCUT2D eigenvalue weighted by molar-refractivity contribution is 6.11. The number of hydrogen-bond acceptors (Lipinski definition) is 5. The molecule has 2 aromatic rings. The van der Waals surface area contributed by atoms with Crippen LogP contribution in [0.4, 0.5) is 0 Å². The van der Waals surface area contributed by atoms with Gasteiger partial charge in [-0.2, -0.15) is 0 Å². The van der Waals surface area contributed by atoms with Gasteiger partial charge >= 0.3 is 5.97 Å². The number of esters is 1. The van der Waals surface area contributed by atoms with E-state index >= 15 is 0 Å². The number of nitrogens with zero attached hydrogens (tertiary/aromatic N) is 1. The van der Waals surface area contributed by atoms with Crippen LogP contribution in [0.15, 0.2) is 51.7 Å². The number of aryl methyl sites for hydroxylation is 1. The van der Waals surface area contributed by atoms with E-state index in [0.717, 1.165) is 23.3 Å². The Bertz CT molecular complexity index is 757. The average molecular weight is 297 g/mol. The first-order valence-electron chi connectivity index (χ1n) is 6.94. The predicted octanol–water partition coefficient (Wildman–Crippen LogP) is 3.20. The molecular weight excluding hydrogens is 282 g/mol. The fraction of sp³-hybridized carbons (Fsp3) is 0.176. The number of furan rings is 1. The van der Waals surface area contributed by atoms with Crippen LogP contribution < -0.4 is 4.74 Å². The minimum atomic E-state index is -0.486. The van der Waals surface area contributed by atoms with Crippen molar-refractivity contribution in [3.05, 3.63) is 59.2 Å². The molecule has 5 heteroatoms. The second-order valence-corrected chi connectivity index (χ2v) is 4.74. The number of ether oxygens (including phenoxy) is 2. The number of carbonyl (C=O) groups excluding carboxylic acids is 1. The van der Waals surface area contributed by atoms with Crippen LogP contribution in [0.3, 0.4) is 0 Å². The lowest BCUT2D eigenvalue weighted by Crippen LogP contribution is -2.04. The van der Waals surface area contributed by atoms with Gasteiger partial charge in [-0.3, -0.25) is 0 Å². The van der Waals surface area contributed by atoms with Gasteiger partial charge in [0.1, 0.15) is 5.75 Å². The zero-order valence-electron chi connectivity index (χ0n) is 12.3. The molecule has 3 rings (SSSR count). The summed E-state index contributed by atoms with van der Waals surface area (Å²) in [6.45, 7) is 2.05. The first-order chi connectivity index (χ1) is 10.7. The molecule has 1 aliphatic rings. The fourth-order valence-corrected chi connectivity index (χ4v) is 2.24. The molecule has 1 aliphatic heterocycles. The summed E-state index contributed by atoms with van der Waals surface area (Å²) in [5.74, 6) is 0.963. The first-order valence-corrected chi connectivity index (χ1v) is 6.94. The van der Waals surface area contributed by atoms with Crippen LogP contribution in [0.25, 0.3) is 6.08 Å². The van der Waals surface area contributed by atoms with Gasteiger partial charge in [-0.1, -0.05) is 13.0 Å². The highest BCUT2D eigenvalue weighted by Gasteiger charge is 2.25. The summed E-state index contributed by atoms with van der Waals surface area (Å²) in [6, 6.07) is 9.13. The fourth-order valence-electron chi connectivity index (χ4n) is 2.24. The van der Waals surface area contributed by atoms with Crippen LogP contribution in [0, 0.1) is 0 Å². The highest BCUT2D eigenvalue weighted by atomic mass is 16.6. The number of carbonyl (C=O) groups is 1. The van der Waals surface area contributed by atoms with Gasteiger partial charge in [0, 0.05) is 0 Å². The van der Waals surface area contributed by atoms with E-state index in [1.54, 1.807) is 25.3 Å². The molecule has 5 nitrogen and oxygen atoms in total. The quantitative estimate of drug-likeness (QED) is 0.642. The van der Waals surface area contributed by atoms with Gasteiger partial charge in [-0.15, -0.1) is 0 Å². The van der Waals surface area contributed by atoms with Crippen molar-refractivity contribution in [3.63, 3.8) is 0 Å². The maximum absolute atomic E-state index is 11.9. The van der Waals surface area contributed by atoms with Crippen molar-refractivity contribution in [2.75, 3.05) is 7.11 Å². The molecule has 0 saturated heterocycles. The molecule has 0 unspecified atom stereocenters. The average Bonchev–Trinajstić information content (AvgIpc) is 3.17. The molecule has 0 atom stereocenters. The molecule has 0 saturated carbocycles. The Morgan fingerprint density at radius 2 is 2.18 bits per heavy atom. The summed E-state index contributed by atoms with van der Waals surface area (Å²) in [4.78, 5) is 16.1. The third kappa shape index (κ3) is 2.65. The van der Waals surface area contributed by atoms with E-state index in [0.29, 0.717) is 5.76 Å². The summed E-state index contributed by atoms with van der Waals surface area (Å²) >= 11 is 0. The van der Waals surface area contributed by atoms with Gasteiger partial charge in [-0.05, 0) is 47.9 Å². The molecule has 22 heavy (non-hydrogen) atoms. The number of benzene rings is 1. The zero-order chi connectivity index (χ0) is 15.5. The molecule has 0 amide bonds. The summed E-state index contributed by atoms with van der Waals surface area (Å²) in [6.07, 6.45) is 4.03. The molecule has 0 aliphatic carbocycles. The summed E-state index contributed by atoms with van der Waals surface area (Å²) in [5, 5.41) is 0. The highest BCUT2D eigenvalue weighted by Crippen LogP contribution is 2.24. The molecule has 1 aromatic carbocycles. The summed E-state index contributed by atoms with van der Waals surface area (Å²) < 4.78 is 15.6. The van der Waals surface area contributed by atoms with Crippen LogP contribution in [-0.4, -0.2) is 19.0 Å². The number of cyclic esters (lactones) is 1. The topological polar surface area (TPSA) is 61.0 Å². The lowest BCUT2D eigenvalue weighted by Gasteiger charge is -2.07. The smallest absolute Gasteiger partial charge is 0.363 e. The number of rotatable bonds is 4. The van der Waals surface area contributed by atoms with E-state index in [1.807, 2.05) is 25.1 Å². The minimum absolute atomic E-state index is 0.186. The molecule has 112 valence electrons. The third-order valence-corrected chi connectivity index (χ3v) is 3.34. The summed E-state index contributed by atoms with van der Waals surface area (Å²) in [5.41, 5.74) is 2.19. The van der Waals surface area contributed by atoms with Crippen LogP contribution >= 0.6 is 0 Å². The van der Waals surface area contributed by atoms with Crippen molar-refractivity contribution >= 4 is 17.9 Å². The standard InChI is InChI=1S/C17H15NO4/c1-3-12-9-11(6-7-14(12)20-2)10-13-17(19)22-16(18-13)15-5-4-8-21-15/h4-10H,3H2,1-2H3/b13-10+. The second kappa shape index (κ2) is 5.89. The molecule has 0 bridgehead atoms. The monoisotopic (exact) mass is 297 g/mol. The third-order valence-electron chi connectivity index (χ3n) is 3.34. The maximum Gasteiger partial charge on any atom is 0.363 e. The van der Waals surface area contributed by atoms with Crippen molar-refractivity contribution in [2.45, 2.75) is 13.3 Å². The lowest BCUT2D eigenvalue weighted by molar-refractivity contribution is -0.130. The van der Waals surface area contributed by atoms with Crippen molar-refractivity contribution in [3.8, 4) is 5.75 Å². The normalized spacial score (nSPS) is 15.8. The van der Waals surface area contributed by atoms with Crippen LogP contribution in [-0.2, 0) is 16.0 Å². The maximum atomic E-state index is 11.9. The van der Waals surface area contributed by atoms with E-state index in [-0.39, 0.29) is 11.6 Å². The molecule has 0 spiro atoms. The van der Waals surface area contributed by atoms with E-state index < -0.39 is 5.97 Å². The molecule has 0 N–H and O–H groups in total. The Morgan fingerprint density at radius 1 is 1.32 bits per heavy atom. The molecule has 2 heterocycles. The van der Waals surface area contributed by atoms with Crippen LogP contribution in [0.5, 0.6) is 5.75 Å². The Kier molecular flexibility index (Phi) is 3.78. The van der Waals surface area contributed by atoms with E-state index in [4.69, 9.17) is 13.9 Å². The first kappa shape index (κ1) is 14.1. The Hall–Kier alpha value is -2.82. The molecule has 0 radical (unpaired) electrons. The summed E-state index contributed by atoms with van der Waals surface area (Å²) in [7, 11) is 1.64. The second-order valence-electron chi connectivity index (χ2n) is 4.74. The van der Waals surface area contributed by atoms with E-state index in [9.17, 15) is 4.79 Å². The largest absolute Gasteiger partial charge is 0.496 e. The van der Waals surface area contributed by atoms with Crippen LogP contribution in [0.1, 0.15) is 23.8 Å². The minimum Gasteiger partial charge on any atom is -0.496 e. The van der Waals surface area contributed by atoms with Crippen molar-refractivity contribution in [1.82, 2.24) is 0 Å². The molecular formula is C17H15NO4. The van der Waals surface area contributed by atoms with Gasteiger partial charge in [0.2, 0.25) is 0 Å². The van der Waals surface area contributed by atoms with E-state index in [2.05, 4.69) is 4.99 Å². The van der Waals surface area contributed by atoms with Gasteiger partial charge in [-0.25, -0.2) is 9.79 Å². The Morgan fingerprint density at radius 3 is 2.86 bits per heavy atom. The number of methoxy groups -OCH3 is 1. The lowest BCUT2D eigenvalue weighted by atomic mass is 10.1. The van der Waals surface area contributed by atoms with Gasteiger partial charge in [0.05, 0.1) is 13.4 Å². The van der Waals surface area contributed by atoms with Gasteiger partial charge in [0.25, 0.3) is 5.90 Å². The SMILES string of the molecule is CCc1cc(/C=C2/N=C(c3ccco3)OC2=O)ccc1OC. The van der Waals surface area contributed by atoms with Gasteiger partial charge < -0.3 is 13.9 Å². The zero-order valence-corrected chi connectivity index (χ0v) is 12.3. The molecule has 1 aromatic heterocycles. The van der Waals surface area contributed by atoms with Crippen molar-refractivity contribution < 1.29 is 18.7 Å². The van der Waals surface area contributed by atoms with Crippen molar-refractivity contribution in [2.24, 2.45) is 4.99 Å². The van der Waals surface area contributed by atoms with Crippen molar-refractivity contribution in [1.29, 1.82) is 0 Å².